The molecular formula is C14H26N4O2. The van der Waals surface area contributed by atoms with Gasteiger partial charge in [0.1, 0.15) is 18.2 Å². The van der Waals surface area contributed by atoms with E-state index in [0.29, 0.717) is 18.9 Å². The van der Waals surface area contributed by atoms with E-state index in [9.17, 15) is 0 Å². The van der Waals surface area contributed by atoms with Crippen LogP contribution in [0.3, 0.4) is 0 Å². The van der Waals surface area contributed by atoms with Gasteiger partial charge in [0, 0.05) is 31.9 Å². The maximum Gasteiger partial charge on any atom is 0.158 e. The van der Waals surface area contributed by atoms with E-state index in [4.69, 9.17) is 9.84 Å². The van der Waals surface area contributed by atoms with E-state index in [1.807, 2.05) is 19.9 Å². The molecule has 0 unspecified atom stereocenters. The van der Waals surface area contributed by atoms with Gasteiger partial charge < -0.3 is 20.5 Å². The van der Waals surface area contributed by atoms with Crippen LogP contribution in [0.4, 0.5) is 11.6 Å². The molecular weight excluding hydrogens is 256 g/mol. The van der Waals surface area contributed by atoms with E-state index < -0.39 is 0 Å². The summed E-state index contributed by atoms with van der Waals surface area (Å²) in [7, 11) is 1.62. The Kier molecular flexibility index (Phi) is 6.67. The number of nitrogens with one attached hydrogen (secondary N) is 2. The van der Waals surface area contributed by atoms with E-state index in [2.05, 4.69) is 27.5 Å². The summed E-state index contributed by atoms with van der Waals surface area (Å²) in [5.74, 6) is 2.16. The molecule has 20 heavy (non-hydrogen) atoms. The van der Waals surface area contributed by atoms with Crippen molar-refractivity contribution < 1.29 is 9.84 Å². The van der Waals surface area contributed by atoms with E-state index in [1.54, 1.807) is 7.11 Å². The average molecular weight is 282 g/mol. The number of ether oxygens (including phenoxy) is 1. The van der Waals surface area contributed by atoms with Crippen LogP contribution in [0.1, 0.15) is 39.4 Å². The molecule has 0 aliphatic rings. The molecule has 0 radical (unpaired) electrons. The van der Waals surface area contributed by atoms with Crippen molar-refractivity contribution in [2.75, 3.05) is 30.9 Å². The zero-order chi connectivity index (χ0) is 15.0. The molecule has 1 heterocycles. The van der Waals surface area contributed by atoms with Crippen LogP contribution in [-0.4, -0.2) is 40.9 Å². The normalized spacial score (nSPS) is 11.4. The molecule has 0 saturated heterocycles. The molecule has 6 heteroatoms. The largest absolute Gasteiger partial charge is 0.396 e. The second-order valence-electron chi connectivity index (χ2n) is 5.40. The van der Waals surface area contributed by atoms with E-state index in [1.165, 1.54) is 0 Å². The van der Waals surface area contributed by atoms with Gasteiger partial charge in [0.05, 0.1) is 0 Å². The van der Waals surface area contributed by atoms with Crippen LogP contribution < -0.4 is 10.6 Å². The first-order valence-electron chi connectivity index (χ1n) is 7.00. The van der Waals surface area contributed by atoms with Crippen molar-refractivity contribution >= 4 is 11.6 Å². The lowest BCUT2D eigenvalue weighted by Crippen LogP contribution is -2.32. The highest BCUT2D eigenvalue weighted by atomic mass is 16.5. The monoisotopic (exact) mass is 282 g/mol. The first kappa shape index (κ1) is 16.7. The summed E-state index contributed by atoms with van der Waals surface area (Å²) in [6.45, 7) is 7.53. The Morgan fingerprint density at radius 3 is 2.60 bits per heavy atom. The molecule has 6 nitrogen and oxygen atoms in total. The molecule has 1 rings (SSSR count). The van der Waals surface area contributed by atoms with Gasteiger partial charge in [-0.05, 0) is 26.7 Å². The molecule has 0 atom stereocenters. The zero-order valence-electron chi connectivity index (χ0n) is 12.9. The van der Waals surface area contributed by atoms with Gasteiger partial charge >= 0.3 is 0 Å². The zero-order valence-corrected chi connectivity index (χ0v) is 12.9. The minimum atomic E-state index is -0.227. The van der Waals surface area contributed by atoms with Crippen molar-refractivity contribution in [1.29, 1.82) is 0 Å². The summed E-state index contributed by atoms with van der Waals surface area (Å²) < 4.78 is 5.10. The number of hydrogen-bond acceptors (Lipinski definition) is 6. The van der Waals surface area contributed by atoms with Crippen LogP contribution >= 0.6 is 0 Å². The fourth-order valence-electron chi connectivity index (χ4n) is 1.79. The van der Waals surface area contributed by atoms with E-state index in [0.717, 1.165) is 24.6 Å². The Balaban J connectivity index is 2.89. The Labute approximate surface area is 121 Å². The van der Waals surface area contributed by atoms with Gasteiger partial charge in [0.25, 0.3) is 0 Å². The first-order chi connectivity index (χ1) is 9.50. The van der Waals surface area contributed by atoms with Gasteiger partial charge in [-0.3, -0.25) is 0 Å². The molecule has 114 valence electrons. The smallest absolute Gasteiger partial charge is 0.158 e. The van der Waals surface area contributed by atoms with Crippen molar-refractivity contribution in [3.63, 3.8) is 0 Å². The highest BCUT2D eigenvalue weighted by Gasteiger charge is 2.18. The van der Waals surface area contributed by atoms with Gasteiger partial charge in [-0.25, -0.2) is 9.97 Å². The molecule has 0 fully saturated rings. The molecule has 0 saturated carbocycles. The highest BCUT2D eigenvalue weighted by Crippen LogP contribution is 2.19. The number of aliphatic hydroxyl groups excluding tert-OH is 1. The molecule has 0 aliphatic carbocycles. The van der Waals surface area contributed by atoms with Gasteiger partial charge in [0.2, 0.25) is 0 Å². The van der Waals surface area contributed by atoms with Gasteiger partial charge in [-0.1, -0.05) is 6.92 Å². The molecule has 1 aromatic heterocycles. The van der Waals surface area contributed by atoms with Gasteiger partial charge in [-0.2, -0.15) is 0 Å². The third-order valence-corrected chi connectivity index (χ3v) is 2.81. The van der Waals surface area contributed by atoms with Crippen LogP contribution in [-0.2, 0) is 11.3 Å². The van der Waals surface area contributed by atoms with Crippen molar-refractivity contribution in [3.8, 4) is 0 Å². The molecule has 0 amide bonds. The van der Waals surface area contributed by atoms with Crippen molar-refractivity contribution in [3.05, 3.63) is 11.9 Å². The SMILES string of the molecule is CCCNc1cc(NC(C)(C)CCO)nc(COC)n1. The Hall–Kier alpha value is -1.40. The van der Waals surface area contributed by atoms with Crippen LogP contribution in [0.5, 0.6) is 0 Å². The van der Waals surface area contributed by atoms with Crippen LogP contribution in [0, 0.1) is 0 Å². The van der Waals surface area contributed by atoms with Crippen LogP contribution in [0.2, 0.25) is 0 Å². The van der Waals surface area contributed by atoms with Crippen molar-refractivity contribution in [2.24, 2.45) is 0 Å². The number of methoxy groups -OCH3 is 1. The quantitative estimate of drug-likeness (QED) is 0.643. The Bertz CT molecular complexity index is 410. The van der Waals surface area contributed by atoms with Crippen molar-refractivity contribution in [2.45, 2.75) is 45.8 Å². The predicted octanol–water partition coefficient (Wildman–Crippen LogP) is 2.02. The first-order valence-corrected chi connectivity index (χ1v) is 7.00. The third kappa shape index (κ3) is 5.71. The van der Waals surface area contributed by atoms with Crippen molar-refractivity contribution in [1.82, 2.24) is 9.97 Å². The number of anilines is 2. The standard InChI is InChI=1S/C14H26N4O2/c1-5-7-15-11-9-12(17-13(16-11)10-20-4)18-14(2,3)6-8-19/h9,19H,5-8,10H2,1-4H3,(H2,15,16,17,18). The van der Waals surface area contributed by atoms with E-state index >= 15 is 0 Å². The minimum Gasteiger partial charge on any atom is -0.396 e. The molecule has 0 spiro atoms. The van der Waals surface area contributed by atoms with E-state index in [-0.39, 0.29) is 12.1 Å². The maximum atomic E-state index is 9.08. The topological polar surface area (TPSA) is 79.3 Å². The number of hydrogen-bond donors (Lipinski definition) is 3. The maximum absolute atomic E-state index is 9.08. The highest BCUT2D eigenvalue weighted by molar-refractivity contribution is 5.48. The minimum absolute atomic E-state index is 0.136. The Morgan fingerprint density at radius 1 is 1.30 bits per heavy atom. The van der Waals surface area contributed by atoms with Crippen LogP contribution in [0.25, 0.3) is 0 Å². The number of aromatic nitrogens is 2. The number of aliphatic hydroxyl groups is 1. The number of nitrogens with zero attached hydrogens (tertiary/aromatic N) is 2. The van der Waals surface area contributed by atoms with Crippen LogP contribution in [0.15, 0.2) is 6.07 Å². The van der Waals surface area contributed by atoms with Gasteiger partial charge in [-0.15, -0.1) is 0 Å². The lowest BCUT2D eigenvalue weighted by Gasteiger charge is -2.26. The summed E-state index contributed by atoms with van der Waals surface area (Å²) in [6.07, 6.45) is 1.68. The molecule has 0 aliphatic heterocycles. The summed E-state index contributed by atoms with van der Waals surface area (Å²) >= 11 is 0. The number of rotatable bonds is 9. The summed E-state index contributed by atoms with van der Waals surface area (Å²) in [4.78, 5) is 8.83. The molecule has 0 aromatic carbocycles. The fraction of sp³-hybridized carbons (Fsp3) is 0.714. The second kappa shape index (κ2) is 8.01. The lowest BCUT2D eigenvalue weighted by molar-refractivity contribution is 0.178. The summed E-state index contributed by atoms with van der Waals surface area (Å²) in [5.41, 5.74) is -0.227. The molecule has 3 N–H and O–H groups in total. The predicted molar refractivity (Wildman–Crippen MR) is 80.9 cm³/mol. The second-order valence-corrected chi connectivity index (χ2v) is 5.40. The Morgan fingerprint density at radius 2 is 2.00 bits per heavy atom. The third-order valence-electron chi connectivity index (χ3n) is 2.81. The average Bonchev–Trinajstić information content (AvgIpc) is 2.35. The lowest BCUT2D eigenvalue weighted by atomic mass is 10.0. The fourth-order valence-corrected chi connectivity index (χ4v) is 1.79. The molecule has 1 aromatic rings. The molecule has 0 bridgehead atoms. The summed E-state index contributed by atoms with van der Waals surface area (Å²) in [5, 5.41) is 15.7. The summed E-state index contributed by atoms with van der Waals surface area (Å²) in [6, 6.07) is 1.88. The van der Waals surface area contributed by atoms with Gasteiger partial charge in [0.15, 0.2) is 5.82 Å².